The Hall–Kier alpha value is -2.75. The van der Waals surface area contributed by atoms with Crippen LogP contribution in [0.1, 0.15) is 21.7 Å². The smallest absolute Gasteiger partial charge is 0.230 e. The number of hydrogen-bond acceptors (Lipinski definition) is 4. The maximum atomic E-state index is 12.6. The number of ketones is 1. The van der Waals surface area contributed by atoms with E-state index in [1.807, 2.05) is 25.1 Å². The van der Waals surface area contributed by atoms with Crippen molar-refractivity contribution in [1.29, 1.82) is 0 Å². The van der Waals surface area contributed by atoms with Gasteiger partial charge in [0.2, 0.25) is 5.78 Å². The van der Waals surface area contributed by atoms with Crippen molar-refractivity contribution >= 4 is 22.4 Å². The summed E-state index contributed by atoms with van der Waals surface area (Å²) in [6, 6.07) is 12.6. The summed E-state index contributed by atoms with van der Waals surface area (Å²) >= 11 is 0. The van der Waals surface area contributed by atoms with E-state index in [-0.39, 0.29) is 11.5 Å². The molecule has 21 heavy (non-hydrogen) atoms. The predicted molar refractivity (Wildman–Crippen MR) is 81.8 cm³/mol. The van der Waals surface area contributed by atoms with Gasteiger partial charge in [-0.3, -0.25) is 4.79 Å². The van der Waals surface area contributed by atoms with E-state index in [0.717, 1.165) is 16.5 Å². The van der Waals surface area contributed by atoms with Crippen molar-refractivity contribution in [3.8, 4) is 5.75 Å². The van der Waals surface area contributed by atoms with E-state index in [9.17, 15) is 4.79 Å². The first-order valence-corrected chi connectivity index (χ1v) is 6.58. The zero-order valence-corrected chi connectivity index (χ0v) is 11.8. The molecule has 0 unspecified atom stereocenters. The van der Waals surface area contributed by atoms with Crippen LogP contribution in [-0.4, -0.2) is 12.9 Å². The number of nitrogen functional groups attached to an aromatic ring is 1. The Morgan fingerprint density at radius 3 is 2.67 bits per heavy atom. The van der Waals surface area contributed by atoms with E-state index in [1.165, 1.54) is 7.11 Å². The van der Waals surface area contributed by atoms with E-state index in [0.29, 0.717) is 17.0 Å². The Balaban J connectivity index is 2.11. The minimum Gasteiger partial charge on any atom is -0.495 e. The van der Waals surface area contributed by atoms with Crippen molar-refractivity contribution in [3.05, 3.63) is 59.4 Å². The summed E-state index contributed by atoms with van der Waals surface area (Å²) in [6.45, 7) is 1.94. The van der Waals surface area contributed by atoms with Gasteiger partial charge in [-0.2, -0.15) is 0 Å². The number of carbonyl (C=O) groups is 1. The number of aryl methyl sites for hydroxylation is 1. The fourth-order valence-corrected chi connectivity index (χ4v) is 2.37. The van der Waals surface area contributed by atoms with E-state index in [1.54, 1.807) is 24.3 Å². The van der Waals surface area contributed by atoms with Crippen LogP contribution in [0.25, 0.3) is 11.0 Å². The Labute approximate surface area is 122 Å². The highest BCUT2D eigenvalue weighted by atomic mass is 16.5. The lowest BCUT2D eigenvalue weighted by Gasteiger charge is -2.07. The third-order valence-corrected chi connectivity index (χ3v) is 3.50. The number of furan rings is 1. The van der Waals surface area contributed by atoms with Crippen LogP contribution in [0.4, 0.5) is 5.69 Å². The summed E-state index contributed by atoms with van der Waals surface area (Å²) in [5.41, 5.74) is 8.39. The first kappa shape index (κ1) is 13.2. The molecule has 106 valence electrons. The van der Waals surface area contributed by atoms with Gasteiger partial charge in [-0.25, -0.2) is 0 Å². The molecule has 4 nitrogen and oxygen atoms in total. The van der Waals surface area contributed by atoms with Gasteiger partial charge in [-0.1, -0.05) is 24.3 Å². The number of para-hydroxylation sites is 2. The van der Waals surface area contributed by atoms with Crippen molar-refractivity contribution < 1.29 is 13.9 Å². The Morgan fingerprint density at radius 2 is 1.95 bits per heavy atom. The second-order valence-electron chi connectivity index (χ2n) is 4.85. The average molecular weight is 281 g/mol. The van der Waals surface area contributed by atoms with Crippen LogP contribution >= 0.6 is 0 Å². The maximum absolute atomic E-state index is 12.6. The molecule has 0 saturated carbocycles. The lowest BCUT2D eigenvalue weighted by atomic mass is 10.1. The Kier molecular flexibility index (Phi) is 3.14. The number of ether oxygens (including phenoxy) is 1. The molecule has 0 spiro atoms. The number of nitrogens with two attached hydrogens (primary N) is 1. The number of benzene rings is 2. The minimum absolute atomic E-state index is 0.248. The van der Waals surface area contributed by atoms with Crippen molar-refractivity contribution in [1.82, 2.24) is 0 Å². The molecule has 1 aromatic heterocycles. The maximum Gasteiger partial charge on any atom is 0.230 e. The van der Waals surface area contributed by atoms with Crippen LogP contribution in [0.15, 0.2) is 46.9 Å². The number of hydrogen-bond donors (Lipinski definition) is 1. The number of rotatable bonds is 3. The van der Waals surface area contributed by atoms with E-state index in [2.05, 4.69) is 0 Å². The molecule has 2 aromatic carbocycles. The molecule has 4 heteroatoms. The van der Waals surface area contributed by atoms with Gasteiger partial charge in [0.1, 0.15) is 11.3 Å². The summed E-state index contributed by atoms with van der Waals surface area (Å²) < 4.78 is 10.8. The van der Waals surface area contributed by atoms with Crippen LogP contribution in [0, 0.1) is 6.92 Å². The molecule has 0 fully saturated rings. The molecule has 0 amide bonds. The molecule has 0 aliphatic heterocycles. The SMILES string of the molecule is COc1cccc(C(=O)c2cc3cccc(C)c3o2)c1N. The highest BCUT2D eigenvalue weighted by Gasteiger charge is 2.19. The standard InChI is InChI=1S/C17H15NO3/c1-10-5-3-6-11-9-14(21-17(10)11)16(19)12-7-4-8-13(20-2)15(12)18/h3-9H,18H2,1-2H3. The first-order valence-electron chi connectivity index (χ1n) is 6.58. The average Bonchev–Trinajstić information content (AvgIpc) is 2.92. The van der Waals surface area contributed by atoms with Crippen LogP contribution in [0.3, 0.4) is 0 Å². The highest BCUT2D eigenvalue weighted by molar-refractivity contribution is 6.12. The highest BCUT2D eigenvalue weighted by Crippen LogP contribution is 2.29. The molecule has 0 saturated heterocycles. The van der Waals surface area contributed by atoms with Gasteiger partial charge in [0.25, 0.3) is 0 Å². The molecule has 3 rings (SSSR count). The molecular weight excluding hydrogens is 266 g/mol. The molecule has 3 aromatic rings. The van der Waals surface area contributed by atoms with E-state index < -0.39 is 0 Å². The zero-order chi connectivity index (χ0) is 15.0. The second kappa shape index (κ2) is 4.98. The Morgan fingerprint density at radius 1 is 1.19 bits per heavy atom. The van der Waals surface area contributed by atoms with Gasteiger partial charge in [0.15, 0.2) is 5.76 Å². The monoisotopic (exact) mass is 281 g/mol. The largest absolute Gasteiger partial charge is 0.495 e. The van der Waals surface area contributed by atoms with Gasteiger partial charge in [-0.05, 0) is 30.7 Å². The molecule has 1 heterocycles. The normalized spacial score (nSPS) is 10.8. The molecule has 0 aliphatic rings. The van der Waals surface area contributed by atoms with Crippen molar-refractivity contribution in [2.75, 3.05) is 12.8 Å². The van der Waals surface area contributed by atoms with Crippen LogP contribution in [0.2, 0.25) is 0 Å². The lowest BCUT2D eigenvalue weighted by Crippen LogP contribution is -2.05. The molecule has 0 aliphatic carbocycles. The fourth-order valence-electron chi connectivity index (χ4n) is 2.37. The van der Waals surface area contributed by atoms with Gasteiger partial charge < -0.3 is 14.9 Å². The topological polar surface area (TPSA) is 65.5 Å². The predicted octanol–water partition coefficient (Wildman–Crippen LogP) is 3.56. The summed E-state index contributed by atoms with van der Waals surface area (Å²) in [6.07, 6.45) is 0. The van der Waals surface area contributed by atoms with Gasteiger partial charge >= 0.3 is 0 Å². The molecule has 2 N–H and O–H groups in total. The van der Waals surface area contributed by atoms with Crippen LogP contribution < -0.4 is 10.5 Å². The number of carbonyl (C=O) groups excluding carboxylic acids is 1. The molecule has 0 atom stereocenters. The number of methoxy groups -OCH3 is 1. The molecule has 0 bridgehead atoms. The van der Waals surface area contributed by atoms with E-state index >= 15 is 0 Å². The summed E-state index contributed by atoms with van der Waals surface area (Å²) in [7, 11) is 1.52. The first-order chi connectivity index (χ1) is 10.1. The number of fused-ring (bicyclic) bond motifs is 1. The fraction of sp³-hybridized carbons (Fsp3) is 0.118. The Bertz CT molecular complexity index is 833. The van der Waals surface area contributed by atoms with E-state index in [4.69, 9.17) is 14.9 Å². The quantitative estimate of drug-likeness (QED) is 0.589. The molecular formula is C17H15NO3. The van der Waals surface area contributed by atoms with Crippen LogP contribution in [-0.2, 0) is 0 Å². The second-order valence-corrected chi connectivity index (χ2v) is 4.85. The zero-order valence-electron chi connectivity index (χ0n) is 11.8. The summed E-state index contributed by atoms with van der Waals surface area (Å²) in [5.74, 6) is 0.509. The third-order valence-electron chi connectivity index (χ3n) is 3.50. The van der Waals surface area contributed by atoms with Crippen LogP contribution in [0.5, 0.6) is 5.75 Å². The molecule has 0 radical (unpaired) electrons. The summed E-state index contributed by atoms with van der Waals surface area (Å²) in [4.78, 5) is 12.6. The minimum atomic E-state index is -0.248. The lowest BCUT2D eigenvalue weighted by molar-refractivity contribution is 0.101. The van der Waals surface area contributed by atoms with Gasteiger partial charge in [0.05, 0.1) is 18.4 Å². The van der Waals surface area contributed by atoms with Crippen molar-refractivity contribution in [3.63, 3.8) is 0 Å². The third kappa shape index (κ3) is 2.14. The van der Waals surface area contributed by atoms with Gasteiger partial charge in [0, 0.05) is 5.39 Å². The van der Waals surface area contributed by atoms with Crippen molar-refractivity contribution in [2.24, 2.45) is 0 Å². The van der Waals surface area contributed by atoms with Crippen molar-refractivity contribution in [2.45, 2.75) is 6.92 Å². The van der Waals surface area contributed by atoms with Gasteiger partial charge in [-0.15, -0.1) is 0 Å². The number of anilines is 1. The summed E-state index contributed by atoms with van der Waals surface area (Å²) in [5, 5.41) is 0.903.